The van der Waals surface area contributed by atoms with Crippen molar-refractivity contribution >= 4 is 0 Å². The summed E-state index contributed by atoms with van der Waals surface area (Å²) in [5, 5.41) is 9.63. The van der Waals surface area contributed by atoms with Crippen molar-refractivity contribution in [1.29, 1.82) is 0 Å². The van der Waals surface area contributed by atoms with Gasteiger partial charge in [0.15, 0.2) is 0 Å². The van der Waals surface area contributed by atoms with Crippen molar-refractivity contribution in [3.8, 4) is 0 Å². The van der Waals surface area contributed by atoms with Crippen molar-refractivity contribution in [2.24, 2.45) is 17.8 Å². The van der Waals surface area contributed by atoms with Crippen molar-refractivity contribution in [1.82, 2.24) is 0 Å². The highest BCUT2D eigenvalue weighted by Crippen LogP contribution is 2.51. The summed E-state index contributed by atoms with van der Waals surface area (Å²) in [6.45, 7) is 2.20. The minimum Gasteiger partial charge on any atom is -0.393 e. The van der Waals surface area contributed by atoms with Gasteiger partial charge in [0, 0.05) is 7.11 Å². The minimum atomic E-state index is 0.0444. The molecular formula is C15H28O2. The van der Waals surface area contributed by atoms with E-state index in [2.05, 4.69) is 6.92 Å². The molecule has 2 heteroatoms. The zero-order valence-corrected chi connectivity index (χ0v) is 11.4. The number of aliphatic hydroxyl groups excluding tert-OH is 1. The van der Waals surface area contributed by atoms with Crippen LogP contribution >= 0.6 is 0 Å². The third kappa shape index (κ3) is 3.03. The summed E-state index contributed by atoms with van der Waals surface area (Å²) < 4.78 is 5.40. The number of ether oxygens (including phenoxy) is 1. The van der Waals surface area contributed by atoms with Gasteiger partial charge in [-0.3, -0.25) is 0 Å². The lowest BCUT2D eigenvalue weighted by Crippen LogP contribution is -2.39. The molecule has 2 nitrogen and oxygen atoms in total. The highest BCUT2D eigenvalue weighted by molar-refractivity contribution is 4.97. The maximum atomic E-state index is 9.63. The Morgan fingerprint density at radius 1 is 1.24 bits per heavy atom. The van der Waals surface area contributed by atoms with Crippen LogP contribution in [0, 0.1) is 17.8 Å². The number of hydrogen-bond acceptors (Lipinski definition) is 2. The first kappa shape index (κ1) is 13.4. The fourth-order valence-corrected chi connectivity index (χ4v) is 3.91. The van der Waals surface area contributed by atoms with E-state index in [-0.39, 0.29) is 6.10 Å². The van der Waals surface area contributed by atoms with Gasteiger partial charge < -0.3 is 9.84 Å². The van der Waals surface area contributed by atoms with Crippen LogP contribution in [0.1, 0.15) is 58.3 Å². The lowest BCUT2D eigenvalue weighted by Gasteiger charge is -2.39. The van der Waals surface area contributed by atoms with E-state index < -0.39 is 0 Å². The monoisotopic (exact) mass is 240 g/mol. The van der Waals surface area contributed by atoms with E-state index in [1.807, 2.05) is 7.11 Å². The van der Waals surface area contributed by atoms with Crippen molar-refractivity contribution in [2.45, 2.75) is 70.5 Å². The van der Waals surface area contributed by atoms with Crippen LogP contribution in [-0.2, 0) is 4.74 Å². The molecule has 0 aromatic carbocycles. The molecule has 17 heavy (non-hydrogen) atoms. The van der Waals surface area contributed by atoms with E-state index in [1.54, 1.807) is 0 Å². The standard InChI is InChI=1S/C15H28O2/c1-3-12(17-2)7-5-4-6-11-8-9-13-14(11)10-15(13)16/h11-16H,3-10H2,1-2H3. The molecule has 2 fully saturated rings. The number of methoxy groups -OCH3 is 1. The van der Waals surface area contributed by atoms with Crippen molar-refractivity contribution in [3.05, 3.63) is 0 Å². The van der Waals surface area contributed by atoms with Crippen LogP contribution in [0.5, 0.6) is 0 Å². The predicted octanol–water partition coefficient (Wildman–Crippen LogP) is 3.38. The summed E-state index contributed by atoms with van der Waals surface area (Å²) in [6.07, 6.45) is 10.7. The van der Waals surface area contributed by atoms with Gasteiger partial charge >= 0.3 is 0 Å². The van der Waals surface area contributed by atoms with Crippen LogP contribution in [0.4, 0.5) is 0 Å². The lowest BCUT2D eigenvalue weighted by molar-refractivity contribution is -0.0304. The molecule has 2 rings (SSSR count). The fraction of sp³-hybridized carbons (Fsp3) is 1.00. The summed E-state index contributed by atoms with van der Waals surface area (Å²) >= 11 is 0. The molecule has 0 amide bonds. The average Bonchev–Trinajstić information content (AvgIpc) is 2.66. The second-order valence-corrected chi connectivity index (χ2v) is 6.02. The first-order valence-electron chi connectivity index (χ1n) is 7.47. The molecule has 5 unspecified atom stereocenters. The largest absolute Gasteiger partial charge is 0.393 e. The Balaban J connectivity index is 1.57. The van der Waals surface area contributed by atoms with E-state index in [0.29, 0.717) is 12.0 Å². The normalized spacial score (nSPS) is 37.6. The minimum absolute atomic E-state index is 0.0444. The van der Waals surface area contributed by atoms with E-state index in [4.69, 9.17) is 4.74 Å². The van der Waals surface area contributed by atoms with Crippen molar-refractivity contribution < 1.29 is 9.84 Å². The molecule has 0 aliphatic heterocycles. The number of unbranched alkanes of at least 4 members (excludes halogenated alkanes) is 1. The zero-order valence-electron chi connectivity index (χ0n) is 11.4. The second-order valence-electron chi connectivity index (χ2n) is 6.02. The van der Waals surface area contributed by atoms with E-state index in [9.17, 15) is 5.11 Å². The number of rotatable bonds is 7. The third-order valence-corrected chi connectivity index (χ3v) is 5.17. The van der Waals surface area contributed by atoms with Gasteiger partial charge in [-0.2, -0.15) is 0 Å². The molecule has 0 bridgehead atoms. The molecule has 0 aromatic rings. The Kier molecular flexibility index (Phi) is 4.87. The van der Waals surface area contributed by atoms with Gasteiger partial charge in [0.1, 0.15) is 0 Å². The first-order valence-corrected chi connectivity index (χ1v) is 7.47. The maximum absolute atomic E-state index is 9.63. The highest BCUT2D eigenvalue weighted by atomic mass is 16.5. The fourth-order valence-electron chi connectivity index (χ4n) is 3.91. The molecular weight excluding hydrogens is 212 g/mol. The van der Waals surface area contributed by atoms with Gasteiger partial charge in [0.25, 0.3) is 0 Å². The molecule has 0 spiro atoms. The Morgan fingerprint density at radius 2 is 2.06 bits per heavy atom. The lowest BCUT2D eigenvalue weighted by atomic mass is 9.69. The molecule has 2 aliphatic carbocycles. The van der Waals surface area contributed by atoms with Crippen LogP contribution in [0.15, 0.2) is 0 Å². The SMILES string of the molecule is CCC(CCCCC1CCC2C(O)CC12)OC. The Hall–Kier alpha value is -0.0800. The Morgan fingerprint density at radius 3 is 2.65 bits per heavy atom. The van der Waals surface area contributed by atoms with Crippen LogP contribution < -0.4 is 0 Å². The van der Waals surface area contributed by atoms with Gasteiger partial charge in [-0.25, -0.2) is 0 Å². The van der Waals surface area contributed by atoms with Crippen LogP contribution in [-0.4, -0.2) is 24.4 Å². The van der Waals surface area contributed by atoms with Crippen molar-refractivity contribution in [3.63, 3.8) is 0 Å². The molecule has 1 N–H and O–H groups in total. The molecule has 2 saturated carbocycles. The van der Waals surface area contributed by atoms with Crippen LogP contribution in [0.3, 0.4) is 0 Å². The summed E-state index contributed by atoms with van der Waals surface area (Å²) in [7, 11) is 1.82. The molecule has 0 aromatic heterocycles. The number of aliphatic hydroxyl groups is 1. The highest BCUT2D eigenvalue weighted by Gasteiger charge is 2.47. The number of fused-ring (bicyclic) bond motifs is 1. The summed E-state index contributed by atoms with van der Waals surface area (Å²) in [5.74, 6) is 2.46. The van der Waals surface area contributed by atoms with Gasteiger partial charge in [-0.15, -0.1) is 0 Å². The summed E-state index contributed by atoms with van der Waals surface area (Å²) in [4.78, 5) is 0. The molecule has 0 saturated heterocycles. The molecule has 2 aliphatic rings. The maximum Gasteiger partial charge on any atom is 0.0574 e. The van der Waals surface area contributed by atoms with Crippen LogP contribution in [0.25, 0.3) is 0 Å². The topological polar surface area (TPSA) is 29.5 Å². The predicted molar refractivity (Wildman–Crippen MR) is 69.9 cm³/mol. The molecule has 0 radical (unpaired) electrons. The van der Waals surface area contributed by atoms with Gasteiger partial charge in [0.2, 0.25) is 0 Å². The molecule has 0 heterocycles. The molecule has 5 atom stereocenters. The Bertz CT molecular complexity index is 225. The zero-order chi connectivity index (χ0) is 12.3. The van der Waals surface area contributed by atoms with Gasteiger partial charge in [0.05, 0.1) is 12.2 Å². The van der Waals surface area contributed by atoms with Gasteiger partial charge in [-0.05, 0) is 49.9 Å². The van der Waals surface area contributed by atoms with Gasteiger partial charge in [-0.1, -0.05) is 26.2 Å². The van der Waals surface area contributed by atoms with E-state index >= 15 is 0 Å². The average molecular weight is 240 g/mol. The van der Waals surface area contributed by atoms with Crippen LogP contribution in [0.2, 0.25) is 0 Å². The quantitative estimate of drug-likeness (QED) is 0.691. The smallest absolute Gasteiger partial charge is 0.0574 e. The Labute approximate surface area is 106 Å². The summed E-state index contributed by atoms with van der Waals surface area (Å²) in [5.41, 5.74) is 0. The third-order valence-electron chi connectivity index (χ3n) is 5.17. The number of hydrogen-bond donors (Lipinski definition) is 1. The van der Waals surface area contributed by atoms with E-state index in [1.165, 1.54) is 38.5 Å². The molecule has 100 valence electrons. The first-order chi connectivity index (χ1) is 8.26. The second kappa shape index (κ2) is 6.19. The summed E-state index contributed by atoms with van der Waals surface area (Å²) in [6, 6.07) is 0. The van der Waals surface area contributed by atoms with E-state index in [0.717, 1.165) is 24.7 Å². The van der Waals surface area contributed by atoms with Crippen molar-refractivity contribution in [2.75, 3.05) is 7.11 Å².